The minimum Gasteiger partial charge on any atom is -0.293 e. The number of hydrogen-bond acceptors (Lipinski definition) is 3. The molecule has 1 rings (SSSR count). The van der Waals surface area contributed by atoms with Crippen LogP contribution in [0.15, 0.2) is 29.4 Å². The molecule has 0 saturated carbocycles. The molecule has 5 nitrogen and oxygen atoms in total. The van der Waals surface area contributed by atoms with Gasteiger partial charge in [0.1, 0.15) is 0 Å². The third kappa shape index (κ3) is 3.71. The van der Waals surface area contributed by atoms with Crippen LogP contribution in [-0.2, 0) is 0 Å². The minimum atomic E-state index is -0.263. The van der Waals surface area contributed by atoms with Gasteiger partial charge in [0.2, 0.25) is 0 Å². The lowest BCUT2D eigenvalue weighted by molar-refractivity contribution is 0.0997. The molecule has 0 saturated heterocycles. The highest BCUT2D eigenvalue weighted by atomic mass is 16.1. The van der Waals surface area contributed by atoms with E-state index in [9.17, 15) is 4.79 Å². The van der Waals surface area contributed by atoms with Crippen LogP contribution in [0.25, 0.3) is 10.4 Å². The van der Waals surface area contributed by atoms with Crippen LogP contribution in [0.4, 0.5) is 0 Å². The van der Waals surface area contributed by atoms with E-state index in [2.05, 4.69) is 21.9 Å². The average Bonchev–Trinajstić information content (AvgIpc) is 2.35. The Kier molecular flexibility index (Phi) is 4.84. The first kappa shape index (κ1) is 12.3. The van der Waals surface area contributed by atoms with E-state index in [4.69, 9.17) is 10.8 Å². The zero-order valence-corrected chi connectivity index (χ0v) is 8.92. The molecule has 0 atom stereocenters. The zero-order valence-electron chi connectivity index (χ0n) is 8.92. The molecule has 0 unspecified atom stereocenters. The normalized spacial score (nSPS) is 8.18. The first-order valence-corrected chi connectivity index (χ1v) is 4.78. The van der Waals surface area contributed by atoms with Crippen LogP contribution in [0.5, 0.6) is 0 Å². The van der Waals surface area contributed by atoms with Gasteiger partial charge in [0.25, 0.3) is 0 Å². The van der Waals surface area contributed by atoms with Crippen molar-refractivity contribution < 1.29 is 4.79 Å². The van der Waals surface area contributed by atoms with Gasteiger partial charge in [-0.05, 0) is 11.6 Å². The Morgan fingerprint density at radius 2 is 2.24 bits per heavy atom. The van der Waals surface area contributed by atoms with Gasteiger partial charge in [0, 0.05) is 16.0 Å². The fraction of sp³-hybridized carbons (Fsp3) is 0.167. The third-order valence-electron chi connectivity index (χ3n) is 1.90. The van der Waals surface area contributed by atoms with Crippen molar-refractivity contribution in [3.63, 3.8) is 0 Å². The highest BCUT2D eigenvalue weighted by Gasteiger charge is 2.08. The summed E-state index contributed by atoms with van der Waals surface area (Å²) in [5.41, 5.74) is 9.04. The lowest BCUT2D eigenvalue weighted by Gasteiger charge is -1.99. The molecule has 0 bridgehead atoms. The summed E-state index contributed by atoms with van der Waals surface area (Å²) in [6.07, 6.45) is -0.172. The number of azide groups is 1. The summed E-state index contributed by atoms with van der Waals surface area (Å²) in [7, 11) is 0. The van der Waals surface area contributed by atoms with E-state index in [-0.39, 0.29) is 18.7 Å². The van der Waals surface area contributed by atoms with Crippen LogP contribution in [0.1, 0.15) is 22.3 Å². The lowest BCUT2D eigenvalue weighted by Crippen LogP contribution is -2.00. The van der Waals surface area contributed by atoms with Crippen LogP contribution < -0.4 is 0 Å². The van der Waals surface area contributed by atoms with E-state index in [1.807, 2.05) is 0 Å². The Balaban J connectivity index is 2.99. The highest BCUT2D eigenvalue weighted by Crippen LogP contribution is 2.09. The summed E-state index contributed by atoms with van der Waals surface area (Å²) in [5, 5.41) is 11.7. The maximum atomic E-state index is 11.6. The summed E-state index contributed by atoms with van der Waals surface area (Å²) in [4.78, 5) is 14.1. The molecule has 0 aromatic heterocycles. The molecule has 0 amide bonds. The fourth-order valence-electron chi connectivity index (χ4n) is 1.20. The number of hydrogen-bond donors (Lipinski definition) is 0. The quantitative estimate of drug-likeness (QED) is 0.259. The van der Waals surface area contributed by atoms with E-state index in [1.54, 1.807) is 30.3 Å². The Hall–Kier alpha value is -2.75. The number of Topliss-reactive ketones (excluding diaryl/α,β-unsaturated/α-hetero) is 1. The molecule has 0 radical (unpaired) electrons. The maximum absolute atomic E-state index is 11.6. The second-order valence-electron chi connectivity index (χ2n) is 2.99. The number of carbonyl (C=O) groups excluding carboxylic acids is 1. The molecule has 5 heteroatoms. The minimum absolute atomic E-state index is 0.0529. The Morgan fingerprint density at radius 3 is 2.94 bits per heavy atom. The number of carbonyl (C=O) groups is 1. The molecule has 0 aliphatic heterocycles. The predicted octanol–water partition coefficient (Wildman–Crippen LogP) is 2.44. The molecule has 0 N–H and O–H groups in total. The van der Waals surface area contributed by atoms with E-state index in [0.717, 1.165) is 0 Å². The van der Waals surface area contributed by atoms with Crippen molar-refractivity contribution >= 4 is 5.78 Å². The molecule has 0 aliphatic rings. The van der Waals surface area contributed by atoms with Gasteiger partial charge in [-0.15, -0.1) is 0 Å². The van der Waals surface area contributed by atoms with Crippen molar-refractivity contribution in [2.45, 2.75) is 6.42 Å². The Bertz CT molecular complexity index is 568. The van der Waals surface area contributed by atoms with Gasteiger partial charge >= 0.3 is 0 Å². The van der Waals surface area contributed by atoms with Crippen molar-refractivity contribution in [3.8, 4) is 17.9 Å². The van der Waals surface area contributed by atoms with E-state index >= 15 is 0 Å². The first-order chi connectivity index (χ1) is 8.29. The second kappa shape index (κ2) is 6.68. The summed E-state index contributed by atoms with van der Waals surface area (Å²) in [5.74, 6) is 5.11. The fourth-order valence-corrected chi connectivity index (χ4v) is 1.20. The number of benzene rings is 1. The summed E-state index contributed by atoms with van der Waals surface area (Å²) < 4.78 is 0. The molecule has 82 valence electrons. The van der Waals surface area contributed by atoms with Gasteiger partial charge in [-0.25, -0.2) is 0 Å². The molecule has 1 aromatic carbocycles. The summed E-state index contributed by atoms with van der Waals surface area (Å²) in [6, 6.07) is 8.58. The summed E-state index contributed by atoms with van der Waals surface area (Å²) >= 11 is 0. The van der Waals surface area contributed by atoms with Gasteiger partial charge in [0.05, 0.1) is 19.0 Å². The zero-order chi connectivity index (χ0) is 12.5. The Labute approximate surface area is 98.3 Å². The van der Waals surface area contributed by atoms with Crippen molar-refractivity contribution in [3.05, 3.63) is 45.8 Å². The molecule has 1 aromatic rings. The van der Waals surface area contributed by atoms with Gasteiger partial charge in [-0.1, -0.05) is 35.2 Å². The smallest absolute Gasteiger partial charge is 0.178 e. The molecule has 17 heavy (non-hydrogen) atoms. The monoisotopic (exact) mass is 224 g/mol. The maximum Gasteiger partial charge on any atom is 0.178 e. The molecular weight excluding hydrogens is 216 g/mol. The van der Waals surface area contributed by atoms with Crippen LogP contribution >= 0.6 is 0 Å². The molecule has 0 fully saturated rings. The van der Waals surface area contributed by atoms with Gasteiger partial charge in [0.15, 0.2) is 5.78 Å². The lowest BCUT2D eigenvalue weighted by atomic mass is 10.0. The van der Waals surface area contributed by atoms with Crippen LogP contribution in [-0.4, -0.2) is 12.3 Å². The van der Waals surface area contributed by atoms with Crippen molar-refractivity contribution in [1.82, 2.24) is 0 Å². The largest absolute Gasteiger partial charge is 0.293 e. The Morgan fingerprint density at radius 1 is 1.47 bits per heavy atom. The molecule has 0 aliphatic carbocycles. The van der Waals surface area contributed by atoms with E-state index in [0.29, 0.717) is 11.1 Å². The number of nitriles is 1. The van der Waals surface area contributed by atoms with Gasteiger partial charge < -0.3 is 0 Å². The third-order valence-corrected chi connectivity index (χ3v) is 1.90. The van der Waals surface area contributed by atoms with Crippen molar-refractivity contribution in [1.29, 1.82) is 5.26 Å². The van der Waals surface area contributed by atoms with Gasteiger partial charge in [-0.3, -0.25) is 4.79 Å². The van der Waals surface area contributed by atoms with E-state index < -0.39 is 0 Å². The van der Waals surface area contributed by atoms with Crippen LogP contribution in [0.2, 0.25) is 0 Å². The second-order valence-corrected chi connectivity index (χ2v) is 2.99. The summed E-state index contributed by atoms with van der Waals surface area (Å²) in [6.45, 7) is 0.0529. The number of ketones is 1. The SMILES string of the molecule is N#CCC(=O)c1ccccc1C#CCN=[N+]=[N-]. The highest BCUT2D eigenvalue weighted by molar-refractivity contribution is 5.99. The molecular formula is C12H8N4O. The van der Waals surface area contributed by atoms with Crippen LogP contribution in [0.3, 0.4) is 0 Å². The van der Waals surface area contributed by atoms with Gasteiger partial charge in [-0.2, -0.15) is 5.26 Å². The van der Waals surface area contributed by atoms with Crippen molar-refractivity contribution in [2.75, 3.05) is 6.54 Å². The average molecular weight is 224 g/mol. The van der Waals surface area contributed by atoms with Crippen LogP contribution in [0, 0.1) is 23.2 Å². The van der Waals surface area contributed by atoms with Crippen molar-refractivity contribution in [2.24, 2.45) is 5.11 Å². The topological polar surface area (TPSA) is 89.6 Å². The number of rotatable bonds is 3. The standard InChI is InChI=1S/C12H8N4O/c13-8-7-12(17)11-6-2-1-4-10(11)5-3-9-15-16-14/h1-2,4,6H,7,9H2. The predicted molar refractivity (Wildman–Crippen MR) is 61.9 cm³/mol. The number of nitrogens with zero attached hydrogens (tertiary/aromatic N) is 4. The molecule has 0 heterocycles. The molecule has 0 spiro atoms. The first-order valence-electron chi connectivity index (χ1n) is 4.78. The van der Waals surface area contributed by atoms with E-state index in [1.165, 1.54) is 0 Å².